The number of amides is 1. The summed E-state index contributed by atoms with van der Waals surface area (Å²) in [6.45, 7) is 4.02. The number of hydrogen-bond donors (Lipinski definition) is 2. The van der Waals surface area contributed by atoms with E-state index >= 15 is 0 Å². The number of hydrogen-bond acceptors (Lipinski definition) is 3. The Hall–Kier alpha value is -2.23. The van der Waals surface area contributed by atoms with E-state index in [9.17, 15) is 4.79 Å². The maximum Gasteiger partial charge on any atom is 0.291 e. The minimum atomic E-state index is -0.301. The Morgan fingerprint density at radius 1 is 1.18 bits per heavy atom. The van der Waals surface area contributed by atoms with E-state index in [0.29, 0.717) is 0 Å². The second kappa shape index (κ2) is 4.33. The van der Waals surface area contributed by atoms with Gasteiger partial charge in [-0.1, -0.05) is 6.07 Å². The fraction of sp³-hybridized carbons (Fsp3) is 0.154. The van der Waals surface area contributed by atoms with Crippen molar-refractivity contribution in [3.8, 4) is 0 Å². The van der Waals surface area contributed by atoms with Gasteiger partial charge in [0.2, 0.25) is 0 Å². The molecule has 0 unspecified atom stereocenters. The van der Waals surface area contributed by atoms with Crippen molar-refractivity contribution in [3.63, 3.8) is 0 Å². The van der Waals surface area contributed by atoms with E-state index in [1.165, 1.54) is 5.56 Å². The zero-order valence-corrected chi connectivity index (χ0v) is 9.78. The van der Waals surface area contributed by atoms with E-state index < -0.39 is 0 Å². The van der Waals surface area contributed by atoms with Crippen LogP contribution in [0.2, 0.25) is 0 Å². The minimum Gasteiger partial charge on any atom is -0.436 e. The van der Waals surface area contributed by atoms with Crippen molar-refractivity contribution in [2.75, 3.05) is 11.1 Å². The maximum atomic E-state index is 11.8. The fourth-order valence-electron chi connectivity index (χ4n) is 1.49. The molecule has 3 N–H and O–H groups in total. The molecule has 0 aliphatic carbocycles. The van der Waals surface area contributed by atoms with Gasteiger partial charge >= 0.3 is 0 Å². The van der Waals surface area contributed by atoms with Gasteiger partial charge in [0.25, 0.3) is 5.91 Å². The second-order valence-corrected chi connectivity index (χ2v) is 3.96. The van der Waals surface area contributed by atoms with Gasteiger partial charge in [-0.2, -0.15) is 0 Å². The molecule has 4 nitrogen and oxygen atoms in total. The Morgan fingerprint density at radius 2 is 1.94 bits per heavy atom. The number of nitrogen functional groups attached to an aromatic ring is 1. The summed E-state index contributed by atoms with van der Waals surface area (Å²) in [5.74, 6) is 0.140. The molecule has 2 aromatic rings. The molecule has 1 aromatic heterocycles. The van der Waals surface area contributed by atoms with Crippen LogP contribution in [-0.2, 0) is 0 Å². The van der Waals surface area contributed by atoms with E-state index in [4.69, 9.17) is 10.2 Å². The summed E-state index contributed by atoms with van der Waals surface area (Å²) < 4.78 is 5.04. The Bertz CT molecular complexity index is 558. The van der Waals surface area contributed by atoms with Crippen LogP contribution in [0.5, 0.6) is 0 Å². The largest absolute Gasteiger partial charge is 0.436 e. The van der Waals surface area contributed by atoms with Gasteiger partial charge in [-0.05, 0) is 43.2 Å². The third-order valence-electron chi connectivity index (χ3n) is 2.62. The van der Waals surface area contributed by atoms with Crippen LogP contribution in [-0.4, -0.2) is 5.91 Å². The SMILES string of the molecule is Cc1ccc(NC(=O)c2ccc(N)o2)cc1C. The Balaban J connectivity index is 2.15. The van der Waals surface area contributed by atoms with E-state index in [2.05, 4.69) is 5.32 Å². The van der Waals surface area contributed by atoms with E-state index in [1.807, 2.05) is 32.0 Å². The summed E-state index contributed by atoms with van der Waals surface area (Å²) in [7, 11) is 0. The third kappa shape index (κ3) is 2.47. The molecule has 1 aromatic carbocycles. The zero-order valence-electron chi connectivity index (χ0n) is 9.78. The summed E-state index contributed by atoms with van der Waals surface area (Å²) in [4.78, 5) is 11.8. The molecular formula is C13H14N2O2. The third-order valence-corrected chi connectivity index (χ3v) is 2.62. The van der Waals surface area contributed by atoms with Gasteiger partial charge in [-0.3, -0.25) is 4.79 Å². The number of anilines is 2. The average molecular weight is 230 g/mol. The highest BCUT2D eigenvalue weighted by Gasteiger charge is 2.10. The molecular weight excluding hydrogens is 216 g/mol. The summed E-state index contributed by atoms with van der Waals surface area (Å²) in [5.41, 5.74) is 8.46. The van der Waals surface area contributed by atoms with Crippen LogP contribution in [0.25, 0.3) is 0 Å². The molecule has 2 rings (SSSR count). The molecule has 0 saturated carbocycles. The van der Waals surface area contributed by atoms with E-state index in [-0.39, 0.29) is 17.6 Å². The zero-order chi connectivity index (χ0) is 12.4. The predicted molar refractivity (Wildman–Crippen MR) is 67.0 cm³/mol. The number of benzene rings is 1. The number of nitrogens with two attached hydrogens (primary N) is 1. The van der Waals surface area contributed by atoms with Gasteiger partial charge in [0.15, 0.2) is 11.6 Å². The number of carbonyl (C=O) groups is 1. The van der Waals surface area contributed by atoms with Gasteiger partial charge in [-0.25, -0.2) is 0 Å². The molecule has 1 amide bonds. The van der Waals surface area contributed by atoms with Crippen LogP contribution in [0.15, 0.2) is 34.7 Å². The smallest absolute Gasteiger partial charge is 0.291 e. The molecule has 0 bridgehead atoms. The summed E-state index contributed by atoms with van der Waals surface area (Å²) in [6, 6.07) is 8.83. The van der Waals surface area contributed by atoms with Crippen LogP contribution in [0.3, 0.4) is 0 Å². The Kier molecular flexibility index (Phi) is 2.87. The normalized spacial score (nSPS) is 10.2. The highest BCUT2D eigenvalue weighted by atomic mass is 16.4. The number of furan rings is 1. The Morgan fingerprint density at radius 3 is 2.53 bits per heavy atom. The van der Waals surface area contributed by atoms with Crippen LogP contribution in [0, 0.1) is 13.8 Å². The standard InChI is InChI=1S/C13H14N2O2/c1-8-3-4-10(7-9(8)2)15-13(16)11-5-6-12(14)17-11/h3-7H,14H2,1-2H3,(H,15,16). The van der Waals surface area contributed by atoms with Gasteiger partial charge < -0.3 is 15.5 Å². The second-order valence-electron chi connectivity index (χ2n) is 3.96. The molecule has 17 heavy (non-hydrogen) atoms. The minimum absolute atomic E-state index is 0.209. The average Bonchev–Trinajstić information content (AvgIpc) is 2.70. The first-order valence-electron chi connectivity index (χ1n) is 5.30. The molecule has 0 fully saturated rings. The van der Waals surface area contributed by atoms with Gasteiger partial charge in [0, 0.05) is 11.8 Å². The summed E-state index contributed by atoms with van der Waals surface area (Å²) in [5, 5.41) is 2.75. The molecule has 0 atom stereocenters. The highest BCUT2D eigenvalue weighted by Crippen LogP contribution is 2.16. The van der Waals surface area contributed by atoms with Crippen molar-refractivity contribution in [2.45, 2.75) is 13.8 Å². The van der Waals surface area contributed by atoms with Crippen molar-refractivity contribution in [3.05, 3.63) is 47.2 Å². The molecule has 1 heterocycles. The molecule has 0 saturated heterocycles. The van der Waals surface area contributed by atoms with Crippen LogP contribution in [0.4, 0.5) is 11.6 Å². The first kappa shape index (κ1) is 11.3. The van der Waals surface area contributed by atoms with E-state index in [0.717, 1.165) is 11.3 Å². The van der Waals surface area contributed by atoms with Gasteiger partial charge in [0.05, 0.1) is 0 Å². The number of nitrogens with one attached hydrogen (secondary N) is 1. The molecule has 4 heteroatoms. The van der Waals surface area contributed by atoms with Crippen LogP contribution >= 0.6 is 0 Å². The number of rotatable bonds is 2. The quantitative estimate of drug-likeness (QED) is 0.833. The van der Waals surface area contributed by atoms with Crippen molar-refractivity contribution in [2.24, 2.45) is 0 Å². The molecule has 0 radical (unpaired) electrons. The highest BCUT2D eigenvalue weighted by molar-refractivity contribution is 6.02. The van der Waals surface area contributed by atoms with E-state index in [1.54, 1.807) is 12.1 Å². The lowest BCUT2D eigenvalue weighted by molar-refractivity contribution is 0.0997. The first-order valence-corrected chi connectivity index (χ1v) is 5.30. The molecule has 0 aliphatic heterocycles. The lowest BCUT2D eigenvalue weighted by Gasteiger charge is -2.06. The lowest BCUT2D eigenvalue weighted by Crippen LogP contribution is -2.11. The van der Waals surface area contributed by atoms with Gasteiger partial charge in [-0.15, -0.1) is 0 Å². The summed E-state index contributed by atoms with van der Waals surface area (Å²) in [6.07, 6.45) is 0. The van der Waals surface area contributed by atoms with Crippen molar-refractivity contribution in [1.82, 2.24) is 0 Å². The lowest BCUT2D eigenvalue weighted by atomic mass is 10.1. The molecule has 88 valence electrons. The van der Waals surface area contributed by atoms with Gasteiger partial charge in [0.1, 0.15) is 0 Å². The van der Waals surface area contributed by atoms with Crippen LogP contribution < -0.4 is 11.1 Å². The number of aryl methyl sites for hydroxylation is 2. The molecule has 0 spiro atoms. The first-order chi connectivity index (χ1) is 8.06. The molecule has 0 aliphatic rings. The Labute approximate surface area is 99.4 Å². The topological polar surface area (TPSA) is 68.3 Å². The van der Waals surface area contributed by atoms with Crippen molar-refractivity contribution in [1.29, 1.82) is 0 Å². The summed E-state index contributed by atoms with van der Waals surface area (Å²) >= 11 is 0. The monoisotopic (exact) mass is 230 g/mol. The number of carbonyl (C=O) groups excluding carboxylic acids is 1. The van der Waals surface area contributed by atoms with Crippen molar-refractivity contribution >= 4 is 17.5 Å². The fourth-order valence-corrected chi connectivity index (χ4v) is 1.49. The predicted octanol–water partition coefficient (Wildman–Crippen LogP) is 2.73. The van der Waals surface area contributed by atoms with Crippen molar-refractivity contribution < 1.29 is 9.21 Å². The van der Waals surface area contributed by atoms with Crippen LogP contribution in [0.1, 0.15) is 21.7 Å². The maximum absolute atomic E-state index is 11.8.